The van der Waals surface area contributed by atoms with Crippen molar-refractivity contribution in [3.63, 3.8) is 0 Å². The van der Waals surface area contributed by atoms with Crippen LogP contribution in [0.15, 0.2) is 70.6 Å². The minimum absolute atomic E-state index is 0.0932. The summed E-state index contributed by atoms with van der Waals surface area (Å²) in [5, 5.41) is 4.50. The normalized spacial score (nSPS) is 12.3. The van der Waals surface area contributed by atoms with Crippen molar-refractivity contribution in [1.82, 2.24) is 9.78 Å². The van der Waals surface area contributed by atoms with E-state index in [4.69, 9.17) is 0 Å². The van der Waals surface area contributed by atoms with Gasteiger partial charge >= 0.3 is 20.4 Å². The highest BCUT2D eigenvalue weighted by Gasteiger charge is 2.18. The van der Waals surface area contributed by atoms with Crippen LogP contribution in [0.3, 0.4) is 0 Å². The van der Waals surface area contributed by atoms with E-state index in [1.807, 2.05) is 13.8 Å². The maximum atomic E-state index is 13.4. The van der Waals surface area contributed by atoms with Gasteiger partial charge in [0.15, 0.2) is 5.82 Å². The second kappa shape index (κ2) is 8.75. The van der Waals surface area contributed by atoms with Crippen LogP contribution in [-0.4, -0.2) is 26.6 Å². The Morgan fingerprint density at radius 3 is 1.74 bits per heavy atom. The predicted molar refractivity (Wildman–Crippen MR) is 112 cm³/mol. The van der Waals surface area contributed by atoms with Crippen molar-refractivity contribution < 1.29 is 24.6 Å². The molecule has 7 nitrogen and oxygen atoms in total. The molecule has 0 fully saturated rings. The van der Waals surface area contributed by atoms with Crippen molar-refractivity contribution in [2.75, 3.05) is 4.90 Å². The third-order valence-electron chi connectivity index (χ3n) is 4.55. The zero-order chi connectivity index (χ0) is 22.8. The molecule has 0 aliphatic heterocycles. The Bertz CT molecular complexity index is 1210. The molecule has 3 aromatic rings. The molecule has 1 heterocycles. The molecule has 0 bridgehead atoms. The Labute approximate surface area is 180 Å². The van der Waals surface area contributed by atoms with Gasteiger partial charge in [0.2, 0.25) is 0 Å². The zero-order valence-corrected chi connectivity index (χ0v) is 18.4. The lowest BCUT2D eigenvalue weighted by molar-refractivity contribution is 0.530. The zero-order valence-electron chi connectivity index (χ0n) is 16.8. The van der Waals surface area contributed by atoms with Crippen LogP contribution in [0.5, 0.6) is 0 Å². The van der Waals surface area contributed by atoms with E-state index >= 15 is 0 Å². The van der Waals surface area contributed by atoms with E-state index in [1.165, 1.54) is 24.3 Å². The number of aromatic nitrogens is 2. The van der Waals surface area contributed by atoms with E-state index in [9.17, 15) is 24.6 Å². The molecule has 0 unspecified atom stereocenters. The third kappa shape index (κ3) is 5.88. The molecule has 0 saturated carbocycles. The van der Waals surface area contributed by atoms with Gasteiger partial charge in [0, 0.05) is 31.4 Å². The Morgan fingerprint density at radius 2 is 1.35 bits per heavy atom. The first kappa shape index (κ1) is 22.9. The van der Waals surface area contributed by atoms with Crippen molar-refractivity contribution in [2.24, 2.45) is 0 Å². The van der Waals surface area contributed by atoms with Gasteiger partial charge in [0.1, 0.15) is 0 Å². The summed E-state index contributed by atoms with van der Waals surface area (Å²) in [4.78, 5) is 0.846. The number of benzene rings is 2. The quantitative estimate of drug-likeness (QED) is 0.464. The van der Waals surface area contributed by atoms with E-state index < -0.39 is 30.2 Å². The van der Waals surface area contributed by atoms with Crippen molar-refractivity contribution in [3.05, 3.63) is 71.9 Å². The van der Waals surface area contributed by atoms with Gasteiger partial charge in [-0.1, -0.05) is 24.3 Å². The average molecular weight is 470 g/mol. The molecule has 3 rings (SSSR count). The summed E-state index contributed by atoms with van der Waals surface area (Å²) in [5.41, 5.74) is 1.01. The van der Waals surface area contributed by atoms with Gasteiger partial charge in [0.25, 0.3) is 0 Å². The van der Waals surface area contributed by atoms with Crippen LogP contribution in [0.1, 0.15) is 31.0 Å². The summed E-state index contributed by atoms with van der Waals surface area (Å²) in [7, 11) is -9.72. The Morgan fingerprint density at radius 1 is 0.871 bits per heavy atom. The minimum Gasteiger partial charge on any atom is -0.346 e. The van der Waals surface area contributed by atoms with Crippen LogP contribution in [-0.2, 0) is 33.5 Å². The minimum atomic E-state index is -4.86. The molecule has 166 valence electrons. The van der Waals surface area contributed by atoms with Crippen molar-refractivity contribution in [2.45, 2.75) is 42.8 Å². The topological polar surface area (TPSA) is 89.3 Å². The van der Waals surface area contributed by atoms with Gasteiger partial charge in [-0.05, 0) is 49.2 Å². The monoisotopic (exact) mass is 469 g/mol. The SMILES string of the molecule is CC(C)n1ccc(N(Cc2cccc(S(=O)(=O)F)c2)Cc2cccc(S(=O)(=O)F)c2)n1. The molecule has 0 aliphatic carbocycles. The average Bonchev–Trinajstić information content (AvgIpc) is 3.17. The fraction of sp³-hybridized carbons (Fsp3) is 0.250. The fourth-order valence-corrected chi connectivity index (χ4v) is 4.10. The lowest BCUT2D eigenvalue weighted by Gasteiger charge is -2.23. The van der Waals surface area contributed by atoms with Gasteiger partial charge in [-0.2, -0.15) is 21.9 Å². The maximum Gasteiger partial charge on any atom is 0.332 e. The molecule has 0 atom stereocenters. The van der Waals surface area contributed by atoms with E-state index in [-0.39, 0.29) is 19.1 Å². The van der Waals surface area contributed by atoms with Crippen molar-refractivity contribution in [3.8, 4) is 0 Å². The van der Waals surface area contributed by atoms with Crippen LogP contribution < -0.4 is 4.90 Å². The molecule has 2 aromatic carbocycles. The fourth-order valence-electron chi connectivity index (χ4n) is 3.03. The number of anilines is 1. The molecule has 0 aliphatic rings. The highest BCUT2D eigenvalue weighted by molar-refractivity contribution is 7.86. The molecule has 31 heavy (non-hydrogen) atoms. The lowest BCUT2D eigenvalue weighted by Crippen LogP contribution is -2.23. The number of rotatable bonds is 8. The van der Waals surface area contributed by atoms with Crippen LogP contribution in [0.4, 0.5) is 13.6 Å². The van der Waals surface area contributed by atoms with Crippen molar-refractivity contribution in [1.29, 1.82) is 0 Å². The number of halogens is 2. The molecule has 0 spiro atoms. The van der Waals surface area contributed by atoms with Gasteiger partial charge in [-0.15, -0.1) is 7.77 Å². The molecular weight excluding hydrogens is 448 g/mol. The summed E-state index contributed by atoms with van der Waals surface area (Å²) in [6.45, 7) is 4.22. The molecule has 1 aromatic heterocycles. The summed E-state index contributed by atoms with van der Waals surface area (Å²) in [6.07, 6.45) is 1.78. The van der Waals surface area contributed by atoms with E-state index in [1.54, 1.807) is 34.0 Å². The highest BCUT2D eigenvalue weighted by atomic mass is 32.3. The first-order valence-corrected chi connectivity index (χ1v) is 12.1. The maximum absolute atomic E-state index is 13.4. The van der Waals surface area contributed by atoms with E-state index in [2.05, 4.69) is 5.10 Å². The van der Waals surface area contributed by atoms with Crippen LogP contribution in [0, 0.1) is 0 Å². The Hall–Kier alpha value is -2.79. The van der Waals surface area contributed by atoms with E-state index in [0.717, 1.165) is 12.1 Å². The lowest BCUT2D eigenvalue weighted by atomic mass is 10.1. The van der Waals surface area contributed by atoms with Crippen LogP contribution >= 0.6 is 0 Å². The Kier molecular flexibility index (Phi) is 6.46. The summed E-state index contributed by atoms with van der Waals surface area (Å²) in [5.74, 6) is 0.538. The second-order valence-electron chi connectivity index (χ2n) is 7.27. The first-order valence-electron chi connectivity index (χ1n) is 9.31. The number of nitrogens with zero attached hydrogens (tertiary/aromatic N) is 3. The second-order valence-corrected chi connectivity index (χ2v) is 9.97. The predicted octanol–water partition coefficient (Wildman–Crippen LogP) is 3.99. The van der Waals surface area contributed by atoms with Gasteiger partial charge in [0.05, 0.1) is 9.79 Å². The van der Waals surface area contributed by atoms with Gasteiger partial charge < -0.3 is 4.90 Å². The summed E-state index contributed by atoms with van der Waals surface area (Å²) >= 11 is 0. The largest absolute Gasteiger partial charge is 0.346 e. The molecule has 11 heteroatoms. The van der Waals surface area contributed by atoms with Crippen molar-refractivity contribution >= 4 is 26.3 Å². The molecule has 0 amide bonds. The standard InChI is InChI=1S/C20H21F2N3O4S2/c1-15(2)25-10-9-20(23-25)24(13-16-5-3-7-18(11-16)30(21,26)27)14-17-6-4-8-19(12-17)31(22,28)29/h3-12,15H,13-14H2,1-2H3. The molecular formula is C20H21F2N3O4S2. The summed E-state index contributed by atoms with van der Waals surface area (Å²) in [6, 6.07) is 12.8. The third-order valence-corrected chi connectivity index (χ3v) is 6.19. The Balaban J connectivity index is 1.98. The smallest absolute Gasteiger partial charge is 0.332 e. The molecule has 0 radical (unpaired) electrons. The number of hydrogen-bond acceptors (Lipinski definition) is 6. The van der Waals surface area contributed by atoms with Gasteiger partial charge in [-0.3, -0.25) is 4.68 Å². The van der Waals surface area contributed by atoms with Crippen LogP contribution in [0.2, 0.25) is 0 Å². The molecule has 0 N–H and O–H groups in total. The molecule has 0 saturated heterocycles. The highest BCUT2D eigenvalue weighted by Crippen LogP contribution is 2.23. The van der Waals surface area contributed by atoms with Gasteiger partial charge in [-0.25, -0.2) is 0 Å². The number of hydrogen-bond donors (Lipinski definition) is 0. The first-order chi connectivity index (χ1) is 14.4. The van der Waals surface area contributed by atoms with E-state index in [0.29, 0.717) is 16.9 Å². The summed E-state index contributed by atoms with van der Waals surface area (Å²) < 4.78 is 73.6. The van der Waals surface area contributed by atoms with Crippen LogP contribution in [0.25, 0.3) is 0 Å².